The summed E-state index contributed by atoms with van der Waals surface area (Å²) in [6.45, 7) is 4.08. The standard InChI is InChI=1S/C19H20Cl2N4O2/c1-3-4-15-23-14-8-12(7-10(2)17(14)24-15)19(27)25-22-9-11-5-6-13(20)16(21)18(11)26/h5-9,15,23-24,26H,3-4H2,1-2H3,(H,25,27)/b22-9+. The zero-order valence-electron chi connectivity index (χ0n) is 14.9. The number of hydrogen-bond acceptors (Lipinski definition) is 5. The molecule has 1 aliphatic heterocycles. The number of fused-ring (bicyclic) bond motifs is 1. The van der Waals surface area contributed by atoms with Gasteiger partial charge in [0.1, 0.15) is 10.8 Å². The predicted molar refractivity (Wildman–Crippen MR) is 110 cm³/mol. The van der Waals surface area contributed by atoms with Gasteiger partial charge in [-0.15, -0.1) is 0 Å². The van der Waals surface area contributed by atoms with Gasteiger partial charge in [-0.25, -0.2) is 5.43 Å². The lowest BCUT2D eigenvalue weighted by atomic mass is 10.1. The highest BCUT2D eigenvalue weighted by molar-refractivity contribution is 6.43. The number of hydrazone groups is 1. The van der Waals surface area contributed by atoms with Gasteiger partial charge in [0, 0.05) is 11.1 Å². The Morgan fingerprint density at radius 2 is 2.11 bits per heavy atom. The summed E-state index contributed by atoms with van der Waals surface area (Å²) in [6, 6.07) is 6.71. The van der Waals surface area contributed by atoms with Gasteiger partial charge in [0.05, 0.1) is 28.8 Å². The summed E-state index contributed by atoms with van der Waals surface area (Å²) < 4.78 is 0. The molecule has 0 bridgehead atoms. The van der Waals surface area contributed by atoms with E-state index in [2.05, 4.69) is 28.1 Å². The number of aromatic hydroxyl groups is 1. The normalized spacial score (nSPS) is 15.3. The van der Waals surface area contributed by atoms with Gasteiger partial charge in [-0.2, -0.15) is 5.10 Å². The molecule has 27 heavy (non-hydrogen) atoms. The van der Waals surface area contributed by atoms with E-state index in [1.54, 1.807) is 18.2 Å². The fraction of sp³-hybridized carbons (Fsp3) is 0.263. The number of rotatable bonds is 5. The maximum Gasteiger partial charge on any atom is 0.271 e. The Morgan fingerprint density at radius 3 is 2.85 bits per heavy atom. The molecule has 1 heterocycles. The SMILES string of the molecule is CCCC1Nc2cc(C(=O)N/N=C/c3ccc(Cl)c(Cl)c3O)cc(C)c2N1. The van der Waals surface area contributed by atoms with Crippen LogP contribution in [0, 0.1) is 6.92 Å². The van der Waals surface area contributed by atoms with Crippen molar-refractivity contribution in [2.45, 2.75) is 32.9 Å². The van der Waals surface area contributed by atoms with Crippen LogP contribution in [-0.4, -0.2) is 23.4 Å². The van der Waals surface area contributed by atoms with Gasteiger partial charge < -0.3 is 15.7 Å². The van der Waals surface area contributed by atoms with Crippen molar-refractivity contribution < 1.29 is 9.90 Å². The van der Waals surface area contributed by atoms with Crippen LogP contribution in [0.3, 0.4) is 0 Å². The van der Waals surface area contributed by atoms with E-state index in [1.165, 1.54) is 6.21 Å². The fourth-order valence-corrected chi connectivity index (χ4v) is 3.26. The third-order valence-corrected chi connectivity index (χ3v) is 5.09. The number of phenols is 1. The smallest absolute Gasteiger partial charge is 0.271 e. The molecule has 0 radical (unpaired) electrons. The number of hydrogen-bond donors (Lipinski definition) is 4. The van der Waals surface area contributed by atoms with Crippen molar-refractivity contribution in [2.75, 3.05) is 10.6 Å². The maximum absolute atomic E-state index is 12.4. The van der Waals surface area contributed by atoms with Crippen molar-refractivity contribution in [3.63, 3.8) is 0 Å². The Hall–Kier alpha value is -2.44. The van der Waals surface area contributed by atoms with Gasteiger partial charge in [0.2, 0.25) is 0 Å². The Bertz CT molecular complexity index is 915. The summed E-state index contributed by atoms with van der Waals surface area (Å²) >= 11 is 11.7. The first-order valence-electron chi connectivity index (χ1n) is 8.58. The number of phenolic OH excluding ortho intramolecular Hbond substituents is 1. The third-order valence-electron chi connectivity index (χ3n) is 4.29. The van der Waals surface area contributed by atoms with E-state index in [4.69, 9.17) is 23.2 Å². The molecule has 142 valence electrons. The van der Waals surface area contributed by atoms with E-state index < -0.39 is 0 Å². The van der Waals surface area contributed by atoms with Crippen LogP contribution in [0.1, 0.15) is 41.3 Å². The van der Waals surface area contributed by atoms with E-state index in [0.29, 0.717) is 11.1 Å². The summed E-state index contributed by atoms with van der Waals surface area (Å²) in [4.78, 5) is 12.4. The highest BCUT2D eigenvalue weighted by Gasteiger charge is 2.22. The van der Waals surface area contributed by atoms with Crippen LogP contribution in [0.2, 0.25) is 10.0 Å². The quantitative estimate of drug-likeness (QED) is 0.426. The zero-order valence-corrected chi connectivity index (χ0v) is 16.4. The number of anilines is 2. The molecule has 0 fully saturated rings. The lowest BCUT2D eigenvalue weighted by Gasteiger charge is -2.10. The average molecular weight is 407 g/mol. The van der Waals surface area contributed by atoms with E-state index in [-0.39, 0.29) is 27.9 Å². The Morgan fingerprint density at radius 1 is 1.33 bits per heavy atom. The largest absolute Gasteiger partial charge is 0.506 e. The lowest BCUT2D eigenvalue weighted by Crippen LogP contribution is -2.21. The van der Waals surface area contributed by atoms with Gasteiger partial charge in [0.25, 0.3) is 5.91 Å². The molecule has 1 atom stereocenters. The molecule has 1 aliphatic rings. The highest BCUT2D eigenvalue weighted by atomic mass is 35.5. The fourth-order valence-electron chi connectivity index (χ4n) is 2.94. The second kappa shape index (κ2) is 8.06. The topological polar surface area (TPSA) is 85.8 Å². The lowest BCUT2D eigenvalue weighted by molar-refractivity contribution is 0.0955. The van der Waals surface area contributed by atoms with Crippen molar-refractivity contribution in [1.29, 1.82) is 0 Å². The van der Waals surface area contributed by atoms with Crippen molar-refractivity contribution in [2.24, 2.45) is 5.10 Å². The zero-order chi connectivity index (χ0) is 19.6. The number of amides is 1. The number of carbonyl (C=O) groups excluding carboxylic acids is 1. The number of aryl methyl sites for hydroxylation is 1. The van der Waals surface area contributed by atoms with Crippen LogP contribution in [-0.2, 0) is 0 Å². The molecule has 2 aromatic rings. The van der Waals surface area contributed by atoms with E-state index in [9.17, 15) is 9.90 Å². The minimum absolute atomic E-state index is 0.0430. The van der Waals surface area contributed by atoms with Gasteiger partial charge in [-0.3, -0.25) is 4.79 Å². The Labute approximate surface area is 167 Å². The van der Waals surface area contributed by atoms with Crippen molar-refractivity contribution in [3.8, 4) is 5.75 Å². The molecule has 2 aromatic carbocycles. The molecule has 4 N–H and O–H groups in total. The van der Waals surface area contributed by atoms with E-state index in [1.807, 2.05) is 13.0 Å². The van der Waals surface area contributed by atoms with Crippen LogP contribution in [0.5, 0.6) is 5.75 Å². The average Bonchev–Trinajstić information content (AvgIpc) is 3.05. The number of halogens is 2. The molecule has 0 saturated carbocycles. The summed E-state index contributed by atoms with van der Waals surface area (Å²) in [5, 5.41) is 20.9. The highest BCUT2D eigenvalue weighted by Crippen LogP contribution is 2.35. The van der Waals surface area contributed by atoms with Crippen molar-refractivity contribution in [3.05, 3.63) is 51.0 Å². The molecule has 6 nitrogen and oxygen atoms in total. The molecule has 8 heteroatoms. The Kier molecular flexibility index (Phi) is 5.77. The second-order valence-electron chi connectivity index (χ2n) is 6.34. The molecule has 0 saturated heterocycles. The number of nitrogens with one attached hydrogen (secondary N) is 3. The number of carbonyl (C=O) groups is 1. The van der Waals surface area contributed by atoms with Crippen molar-refractivity contribution >= 4 is 46.7 Å². The Balaban J connectivity index is 1.72. The molecule has 3 rings (SSSR count). The molecule has 1 unspecified atom stereocenters. The van der Waals surface area contributed by atoms with Gasteiger partial charge >= 0.3 is 0 Å². The van der Waals surface area contributed by atoms with E-state index in [0.717, 1.165) is 29.8 Å². The first-order valence-corrected chi connectivity index (χ1v) is 9.34. The maximum atomic E-state index is 12.4. The van der Waals surface area contributed by atoms with Crippen molar-refractivity contribution in [1.82, 2.24) is 5.43 Å². The molecule has 0 spiro atoms. The minimum Gasteiger partial charge on any atom is -0.506 e. The molecular formula is C19H20Cl2N4O2. The second-order valence-corrected chi connectivity index (χ2v) is 7.13. The summed E-state index contributed by atoms with van der Waals surface area (Å²) in [6.07, 6.45) is 3.54. The van der Waals surface area contributed by atoms with Crippen LogP contribution in [0.25, 0.3) is 0 Å². The summed E-state index contributed by atoms with van der Waals surface area (Å²) in [5.74, 6) is -0.537. The van der Waals surface area contributed by atoms with Crippen LogP contribution >= 0.6 is 23.2 Å². The van der Waals surface area contributed by atoms with E-state index >= 15 is 0 Å². The predicted octanol–water partition coefficient (Wildman–Crippen LogP) is 4.73. The first-order chi connectivity index (χ1) is 12.9. The van der Waals surface area contributed by atoms with Gasteiger partial charge in [0.15, 0.2) is 0 Å². The number of benzene rings is 2. The van der Waals surface area contributed by atoms with Crippen LogP contribution in [0.15, 0.2) is 29.4 Å². The summed E-state index contributed by atoms with van der Waals surface area (Å²) in [7, 11) is 0. The monoisotopic (exact) mass is 406 g/mol. The molecular weight excluding hydrogens is 387 g/mol. The molecule has 1 amide bonds. The molecule has 0 aromatic heterocycles. The summed E-state index contributed by atoms with van der Waals surface area (Å²) in [5.41, 5.74) is 6.21. The van der Waals surface area contributed by atoms with Gasteiger partial charge in [-0.1, -0.05) is 36.5 Å². The van der Waals surface area contributed by atoms with Crippen LogP contribution < -0.4 is 16.1 Å². The third kappa shape index (κ3) is 4.12. The number of nitrogens with zero attached hydrogens (tertiary/aromatic N) is 1. The minimum atomic E-state index is -0.350. The van der Waals surface area contributed by atoms with Gasteiger partial charge in [-0.05, 0) is 43.2 Å². The van der Waals surface area contributed by atoms with Crippen LogP contribution in [0.4, 0.5) is 11.4 Å². The molecule has 0 aliphatic carbocycles. The first kappa shape index (κ1) is 19.3.